The summed E-state index contributed by atoms with van der Waals surface area (Å²) >= 11 is 6.79. The van der Waals surface area contributed by atoms with Gasteiger partial charge in [-0.05, 0) is 55.1 Å². The number of anilines is 1. The van der Waals surface area contributed by atoms with Crippen LogP contribution in [0, 0.1) is 18.2 Å². The van der Waals surface area contributed by atoms with E-state index in [1.165, 1.54) is 36.4 Å². The van der Waals surface area contributed by atoms with E-state index in [1.807, 2.05) is 4.90 Å². The Kier molecular flexibility index (Phi) is 8.29. The number of alkyl halides is 1. The summed E-state index contributed by atoms with van der Waals surface area (Å²) in [5.74, 6) is -1.71. The van der Waals surface area contributed by atoms with Gasteiger partial charge in [0, 0.05) is 54.5 Å². The number of halogens is 4. The van der Waals surface area contributed by atoms with Crippen molar-refractivity contribution in [1.29, 1.82) is 0 Å². The lowest BCUT2D eigenvalue weighted by Crippen LogP contribution is -2.56. The second-order valence-electron chi connectivity index (χ2n) is 12.6. The minimum atomic E-state index is -0.976. The Morgan fingerprint density at radius 3 is 2.83 bits per heavy atom. The summed E-state index contributed by atoms with van der Waals surface area (Å²) in [6.45, 7) is 13.0. The first-order valence-corrected chi connectivity index (χ1v) is 16.1. The summed E-state index contributed by atoms with van der Waals surface area (Å²) in [6, 6.07) is 7.85. The van der Waals surface area contributed by atoms with Crippen LogP contribution in [0.5, 0.6) is 11.8 Å². The summed E-state index contributed by atoms with van der Waals surface area (Å²) in [6.07, 6.45) is 2.20. The molecule has 3 atom stereocenters. The molecule has 4 aromatic rings. The first kappa shape index (κ1) is 32.0. The molecular weight excluding hydrogens is 645 g/mol. The van der Waals surface area contributed by atoms with Gasteiger partial charge in [-0.25, -0.2) is 19.7 Å². The molecule has 13 heteroatoms. The number of hydrogen-bond acceptors (Lipinski definition) is 7. The molecule has 1 amide bonds. The van der Waals surface area contributed by atoms with Crippen molar-refractivity contribution in [3.63, 3.8) is 0 Å². The molecular formula is C35H32ClF3N6O3. The van der Waals surface area contributed by atoms with Gasteiger partial charge in [-0.3, -0.25) is 9.69 Å². The molecule has 0 unspecified atom stereocenters. The predicted octanol–water partition coefficient (Wildman–Crippen LogP) is 6.16. The van der Waals surface area contributed by atoms with Crippen molar-refractivity contribution < 1.29 is 27.8 Å². The van der Waals surface area contributed by atoms with Gasteiger partial charge in [0.05, 0.1) is 10.6 Å². The van der Waals surface area contributed by atoms with Gasteiger partial charge in [-0.2, -0.15) is 9.97 Å². The number of hydrogen-bond donors (Lipinski definition) is 1. The van der Waals surface area contributed by atoms with Gasteiger partial charge in [-0.1, -0.05) is 30.3 Å². The van der Waals surface area contributed by atoms with Gasteiger partial charge in [-0.15, -0.1) is 0 Å². The van der Waals surface area contributed by atoms with Crippen LogP contribution in [-0.2, 0) is 4.79 Å². The van der Waals surface area contributed by atoms with Crippen LogP contribution in [-0.4, -0.2) is 94.4 Å². The van der Waals surface area contributed by atoms with E-state index in [4.69, 9.17) is 27.9 Å². The third-order valence-corrected chi connectivity index (χ3v) is 10.1. The van der Waals surface area contributed by atoms with Crippen LogP contribution in [0.25, 0.3) is 37.6 Å². The fourth-order valence-corrected chi connectivity index (χ4v) is 7.93. The number of rotatable bonds is 7. The molecule has 3 saturated heterocycles. The highest BCUT2D eigenvalue weighted by atomic mass is 35.5. The molecule has 4 heterocycles. The number of piperazine rings is 1. The molecule has 1 N–H and O–H groups in total. The van der Waals surface area contributed by atoms with E-state index in [2.05, 4.69) is 21.3 Å². The standard InChI is InChI=1S/C35H32ClF3N6O3/c1-3-28(47)45-11-10-43(18-22(45)16-40-2)33-25-14-26(36)30(24-13-23(46)12-20-6-4-7-27(38)29(20)24)31(39)32(25)41-34(42-33)48-19-35-8-5-9-44(35)17-21(37)15-35/h3-4,6-7,12-14,21-22,46H,1,5,8-11,15-19H2/t21-,22+,35+/m1/s1. The highest BCUT2D eigenvalue weighted by molar-refractivity contribution is 6.35. The van der Waals surface area contributed by atoms with Gasteiger partial charge in [0.1, 0.15) is 41.7 Å². The SMILES string of the molecule is [C-]#[N+]C[C@H]1CN(c2nc(OC[C@@]34CCCN3C[C@H](F)C4)nc3c(F)c(-c4cc(O)cc5cccc(F)c45)c(Cl)cc23)CCN1C(=O)C=C. The average Bonchev–Trinajstić information content (AvgIpc) is 3.59. The Bertz CT molecular complexity index is 2010. The number of phenolic OH excluding ortho intramolecular Hbond substituents is 1. The number of aromatic nitrogens is 2. The van der Waals surface area contributed by atoms with Gasteiger partial charge >= 0.3 is 6.01 Å². The van der Waals surface area contributed by atoms with Gasteiger partial charge in [0.2, 0.25) is 12.5 Å². The first-order valence-electron chi connectivity index (χ1n) is 15.8. The Morgan fingerprint density at radius 2 is 2.04 bits per heavy atom. The number of aromatic hydroxyl groups is 1. The molecule has 0 radical (unpaired) electrons. The van der Waals surface area contributed by atoms with Crippen molar-refractivity contribution >= 4 is 45.0 Å². The van der Waals surface area contributed by atoms with Crippen LogP contribution in [0.15, 0.2) is 49.1 Å². The largest absolute Gasteiger partial charge is 0.508 e. The van der Waals surface area contributed by atoms with Crippen LogP contribution in [0.3, 0.4) is 0 Å². The number of ether oxygens (including phenoxy) is 1. The van der Waals surface area contributed by atoms with Crippen molar-refractivity contribution in [2.75, 3.05) is 50.8 Å². The van der Waals surface area contributed by atoms with Gasteiger partial charge < -0.3 is 24.5 Å². The summed E-state index contributed by atoms with van der Waals surface area (Å²) in [7, 11) is 0. The maximum Gasteiger partial charge on any atom is 0.319 e. The van der Waals surface area contributed by atoms with E-state index < -0.39 is 29.4 Å². The maximum absolute atomic E-state index is 16.9. The number of phenols is 1. The molecule has 0 aliphatic carbocycles. The average molecular weight is 677 g/mol. The predicted molar refractivity (Wildman–Crippen MR) is 177 cm³/mol. The monoisotopic (exact) mass is 676 g/mol. The lowest BCUT2D eigenvalue weighted by Gasteiger charge is -2.39. The number of carbonyl (C=O) groups excluding carboxylic acids is 1. The molecule has 1 aromatic heterocycles. The molecule has 3 aliphatic rings. The zero-order valence-electron chi connectivity index (χ0n) is 25.9. The quantitative estimate of drug-likeness (QED) is 0.185. The molecule has 3 aliphatic heterocycles. The van der Waals surface area contributed by atoms with E-state index in [-0.39, 0.29) is 82.2 Å². The third kappa shape index (κ3) is 5.44. The highest BCUT2D eigenvalue weighted by Crippen LogP contribution is 2.44. The van der Waals surface area contributed by atoms with Crippen molar-refractivity contribution in [2.24, 2.45) is 0 Å². The lowest BCUT2D eigenvalue weighted by molar-refractivity contribution is -0.128. The Morgan fingerprint density at radius 1 is 1.21 bits per heavy atom. The molecule has 0 bridgehead atoms. The minimum absolute atomic E-state index is 0.0284. The van der Waals surface area contributed by atoms with Crippen LogP contribution in [0.2, 0.25) is 5.02 Å². The molecule has 48 heavy (non-hydrogen) atoms. The number of benzene rings is 3. The summed E-state index contributed by atoms with van der Waals surface area (Å²) in [5, 5.41) is 11.1. The zero-order chi connectivity index (χ0) is 33.7. The van der Waals surface area contributed by atoms with Crippen LogP contribution < -0.4 is 9.64 Å². The molecule has 248 valence electrons. The van der Waals surface area contributed by atoms with Crippen LogP contribution in [0.4, 0.5) is 19.0 Å². The molecule has 7 rings (SSSR count). The highest BCUT2D eigenvalue weighted by Gasteiger charge is 2.49. The Hall–Kier alpha value is -4.60. The summed E-state index contributed by atoms with van der Waals surface area (Å²) in [5.41, 5.74) is -0.778. The van der Waals surface area contributed by atoms with Crippen LogP contribution >= 0.6 is 11.6 Å². The molecule has 0 saturated carbocycles. The second-order valence-corrected chi connectivity index (χ2v) is 13.1. The van der Waals surface area contributed by atoms with E-state index >= 15 is 8.78 Å². The fourth-order valence-electron chi connectivity index (χ4n) is 7.64. The molecule has 0 spiro atoms. The number of carbonyl (C=O) groups is 1. The Balaban J connectivity index is 1.37. The zero-order valence-corrected chi connectivity index (χ0v) is 26.7. The second kappa shape index (κ2) is 12.5. The van der Waals surface area contributed by atoms with Crippen molar-refractivity contribution in [2.45, 2.75) is 37.0 Å². The van der Waals surface area contributed by atoms with E-state index in [0.29, 0.717) is 24.9 Å². The number of nitrogens with zero attached hydrogens (tertiary/aromatic N) is 6. The van der Waals surface area contributed by atoms with Crippen molar-refractivity contribution in [3.05, 3.63) is 77.1 Å². The smallest absolute Gasteiger partial charge is 0.319 e. The van der Waals surface area contributed by atoms with E-state index in [0.717, 1.165) is 19.4 Å². The molecule has 3 aromatic carbocycles. The van der Waals surface area contributed by atoms with E-state index in [9.17, 15) is 14.3 Å². The lowest BCUT2D eigenvalue weighted by atomic mass is 9.95. The van der Waals surface area contributed by atoms with Crippen LogP contribution in [0.1, 0.15) is 19.3 Å². The van der Waals surface area contributed by atoms with Gasteiger partial charge in [0.15, 0.2) is 5.82 Å². The molecule has 9 nitrogen and oxygen atoms in total. The minimum Gasteiger partial charge on any atom is -0.508 e. The normalized spacial score (nSPS) is 22.6. The molecule has 3 fully saturated rings. The third-order valence-electron chi connectivity index (χ3n) is 9.80. The Labute approximate surface area is 280 Å². The number of amides is 1. The van der Waals surface area contributed by atoms with E-state index in [1.54, 1.807) is 11.0 Å². The topological polar surface area (TPSA) is 86.4 Å². The maximum atomic E-state index is 16.9. The van der Waals surface area contributed by atoms with Gasteiger partial charge in [0.25, 0.3) is 0 Å². The summed E-state index contributed by atoms with van der Waals surface area (Å²) < 4.78 is 52.9. The first-order chi connectivity index (χ1) is 23.1. The summed E-state index contributed by atoms with van der Waals surface area (Å²) in [4.78, 5) is 30.8. The van der Waals surface area contributed by atoms with Crippen molar-refractivity contribution in [3.8, 4) is 22.9 Å². The van der Waals surface area contributed by atoms with Crippen molar-refractivity contribution in [1.82, 2.24) is 19.8 Å². The number of fused-ring (bicyclic) bond motifs is 3. The fraction of sp³-hybridized carbons (Fsp3) is 0.371.